The number of rotatable bonds is 62. The average molecular weight is 1030 g/mol. The second-order valence-corrected chi connectivity index (χ2v) is 22.9. The molecule has 2 unspecified atom stereocenters. The number of aliphatic hydroxyl groups is 2. The number of hydrogen-bond acceptors (Lipinski definition) is 3. The smallest absolute Gasteiger partial charge is 0.220 e. The zero-order chi connectivity index (χ0) is 53.4. The van der Waals surface area contributed by atoms with Gasteiger partial charge in [-0.1, -0.05) is 357 Å². The summed E-state index contributed by atoms with van der Waals surface area (Å²) in [5, 5.41) is 23.3. The van der Waals surface area contributed by atoms with Crippen molar-refractivity contribution < 1.29 is 15.0 Å². The minimum absolute atomic E-state index is 0.0587. The van der Waals surface area contributed by atoms with Crippen molar-refractivity contribution in [1.82, 2.24) is 5.32 Å². The highest BCUT2D eigenvalue weighted by Gasteiger charge is 2.18. The summed E-state index contributed by atoms with van der Waals surface area (Å²) in [5.74, 6) is -0.0587. The maximum absolute atomic E-state index is 12.5. The van der Waals surface area contributed by atoms with Crippen LogP contribution in [-0.2, 0) is 4.79 Å². The summed E-state index contributed by atoms with van der Waals surface area (Å²) >= 11 is 0. The van der Waals surface area contributed by atoms with Crippen molar-refractivity contribution in [2.75, 3.05) is 6.61 Å². The van der Waals surface area contributed by atoms with E-state index in [2.05, 4.69) is 67.8 Å². The summed E-state index contributed by atoms with van der Waals surface area (Å²) in [4.78, 5) is 12.5. The number of allylic oxidation sites excluding steroid dienone is 9. The predicted octanol–water partition coefficient (Wildman–Crippen LogP) is 22.7. The molecular formula is C70H131NO3. The van der Waals surface area contributed by atoms with Gasteiger partial charge in [0.05, 0.1) is 18.8 Å². The quantitative estimate of drug-likeness (QED) is 0.0420. The standard InChI is InChI=1S/C70H131NO3/c1-3-5-7-9-11-13-15-17-19-21-23-25-27-29-31-33-35-37-39-41-43-45-47-49-51-53-55-57-59-61-63-65-69(73)68(67-72)71-70(74)66-64-62-60-58-56-54-52-50-48-46-44-42-40-38-36-34-32-30-28-26-24-22-20-18-16-14-12-10-8-6-4-2/h6,8,12,14,18,20,24,26,63,65,68-69,72-73H,3-5,7,9-11,13,15-17,19,21-23,25,27-62,64,66-67H2,1-2H3,(H,71,74)/b8-6-,14-12-,20-18-,26-24-,65-63+. The molecule has 0 aromatic carbocycles. The molecule has 0 heterocycles. The van der Waals surface area contributed by atoms with Crippen molar-refractivity contribution in [2.45, 2.75) is 373 Å². The second-order valence-electron chi connectivity index (χ2n) is 22.9. The molecule has 0 aliphatic carbocycles. The van der Waals surface area contributed by atoms with Crippen molar-refractivity contribution >= 4 is 5.91 Å². The molecule has 0 aromatic heterocycles. The summed E-state index contributed by atoms with van der Waals surface area (Å²) in [6.07, 6.45) is 93.0. The summed E-state index contributed by atoms with van der Waals surface area (Å²) in [6.45, 7) is 4.24. The Morgan fingerprint density at radius 2 is 0.595 bits per heavy atom. The van der Waals surface area contributed by atoms with Crippen molar-refractivity contribution in [2.24, 2.45) is 0 Å². The third kappa shape index (κ3) is 60.9. The molecule has 2 atom stereocenters. The molecule has 0 aliphatic rings. The molecule has 434 valence electrons. The number of aliphatic hydroxyl groups excluding tert-OH is 2. The van der Waals surface area contributed by atoms with E-state index in [1.165, 1.54) is 289 Å². The first-order valence-corrected chi connectivity index (χ1v) is 33.5. The van der Waals surface area contributed by atoms with Crippen LogP contribution in [0.2, 0.25) is 0 Å². The molecule has 0 spiro atoms. The Morgan fingerprint density at radius 3 is 0.892 bits per heavy atom. The SMILES string of the molecule is CC/C=C\C/C=C\C/C=C\C/C=C\CCCCCCCCCCCCCCCCCCCCC(=O)NC(CO)C(O)/C=C/CCCCCCCCCCCCCCCCCCCCCCCCCCCCCCC. The van der Waals surface area contributed by atoms with Gasteiger partial charge in [-0.3, -0.25) is 4.79 Å². The molecule has 4 nitrogen and oxygen atoms in total. The topological polar surface area (TPSA) is 69.6 Å². The summed E-state index contributed by atoms with van der Waals surface area (Å²) in [7, 11) is 0. The molecule has 74 heavy (non-hydrogen) atoms. The molecule has 0 radical (unpaired) electrons. The molecule has 3 N–H and O–H groups in total. The zero-order valence-electron chi connectivity index (χ0n) is 50.1. The lowest BCUT2D eigenvalue weighted by Crippen LogP contribution is -2.45. The highest BCUT2D eigenvalue weighted by molar-refractivity contribution is 5.76. The van der Waals surface area contributed by atoms with Crippen LogP contribution in [-0.4, -0.2) is 34.9 Å². The van der Waals surface area contributed by atoms with Gasteiger partial charge in [-0.25, -0.2) is 0 Å². The number of carbonyl (C=O) groups is 1. The predicted molar refractivity (Wildman–Crippen MR) is 331 cm³/mol. The van der Waals surface area contributed by atoms with E-state index in [-0.39, 0.29) is 12.5 Å². The summed E-state index contributed by atoms with van der Waals surface area (Å²) in [5.41, 5.74) is 0. The van der Waals surface area contributed by atoms with E-state index in [9.17, 15) is 15.0 Å². The molecule has 0 saturated carbocycles. The molecule has 0 aromatic rings. The van der Waals surface area contributed by atoms with E-state index in [1.807, 2.05) is 6.08 Å². The Hall–Kier alpha value is -1.91. The number of hydrogen-bond donors (Lipinski definition) is 3. The first-order valence-electron chi connectivity index (χ1n) is 33.5. The lowest BCUT2D eigenvalue weighted by Gasteiger charge is -2.20. The normalized spacial score (nSPS) is 13.1. The summed E-state index contributed by atoms with van der Waals surface area (Å²) < 4.78 is 0. The second kappa shape index (κ2) is 65.4. The highest BCUT2D eigenvalue weighted by Crippen LogP contribution is 2.19. The van der Waals surface area contributed by atoms with Gasteiger partial charge in [0.25, 0.3) is 0 Å². The van der Waals surface area contributed by atoms with Gasteiger partial charge in [0.15, 0.2) is 0 Å². The molecular weight excluding hydrogens is 903 g/mol. The summed E-state index contributed by atoms with van der Waals surface area (Å²) in [6, 6.07) is -0.625. The van der Waals surface area contributed by atoms with E-state index in [0.29, 0.717) is 6.42 Å². The van der Waals surface area contributed by atoms with Gasteiger partial charge < -0.3 is 15.5 Å². The van der Waals surface area contributed by atoms with Gasteiger partial charge in [0.1, 0.15) is 0 Å². The molecule has 1 amide bonds. The van der Waals surface area contributed by atoms with Crippen LogP contribution in [0.25, 0.3) is 0 Å². The van der Waals surface area contributed by atoms with Crippen molar-refractivity contribution in [3.05, 3.63) is 60.8 Å². The maximum atomic E-state index is 12.5. The van der Waals surface area contributed by atoms with Crippen LogP contribution in [0.5, 0.6) is 0 Å². The minimum Gasteiger partial charge on any atom is -0.394 e. The Labute approximate surface area is 464 Å². The fourth-order valence-corrected chi connectivity index (χ4v) is 10.5. The van der Waals surface area contributed by atoms with Crippen LogP contribution in [0.1, 0.15) is 361 Å². The average Bonchev–Trinajstić information content (AvgIpc) is 3.40. The molecule has 0 aliphatic heterocycles. The number of unbranched alkanes of at least 4 members (excludes halogenated alkanes) is 47. The molecule has 0 fully saturated rings. The van der Waals surface area contributed by atoms with Crippen molar-refractivity contribution in [3.63, 3.8) is 0 Å². The largest absolute Gasteiger partial charge is 0.394 e. The van der Waals surface area contributed by atoms with E-state index in [4.69, 9.17) is 0 Å². The lowest BCUT2D eigenvalue weighted by molar-refractivity contribution is -0.123. The van der Waals surface area contributed by atoms with Crippen LogP contribution in [0.4, 0.5) is 0 Å². The van der Waals surface area contributed by atoms with Gasteiger partial charge in [0, 0.05) is 6.42 Å². The molecule has 0 bridgehead atoms. The zero-order valence-corrected chi connectivity index (χ0v) is 50.1. The first-order chi connectivity index (χ1) is 36.7. The lowest BCUT2D eigenvalue weighted by atomic mass is 10.0. The van der Waals surface area contributed by atoms with Gasteiger partial charge in [-0.2, -0.15) is 0 Å². The fourth-order valence-electron chi connectivity index (χ4n) is 10.5. The first kappa shape index (κ1) is 72.1. The van der Waals surface area contributed by atoms with E-state index < -0.39 is 12.1 Å². The Morgan fingerprint density at radius 1 is 0.338 bits per heavy atom. The van der Waals surface area contributed by atoms with Crippen LogP contribution >= 0.6 is 0 Å². The van der Waals surface area contributed by atoms with Gasteiger partial charge >= 0.3 is 0 Å². The van der Waals surface area contributed by atoms with Gasteiger partial charge in [0.2, 0.25) is 5.91 Å². The van der Waals surface area contributed by atoms with Crippen LogP contribution in [0.3, 0.4) is 0 Å². The highest BCUT2D eigenvalue weighted by atomic mass is 16.3. The molecule has 0 saturated heterocycles. The third-order valence-corrected chi connectivity index (χ3v) is 15.5. The van der Waals surface area contributed by atoms with E-state index in [1.54, 1.807) is 6.08 Å². The van der Waals surface area contributed by atoms with E-state index in [0.717, 1.165) is 51.4 Å². The number of nitrogens with one attached hydrogen (secondary N) is 1. The number of amides is 1. The van der Waals surface area contributed by atoms with Gasteiger partial charge in [-0.15, -0.1) is 0 Å². The third-order valence-electron chi connectivity index (χ3n) is 15.5. The van der Waals surface area contributed by atoms with E-state index >= 15 is 0 Å². The monoisotopic (exact) mass is 1030 g/mol. The maximum Gasteiger partial charge on any atom is 0.220 e. The minimum atomic E-state index is -0.842. The number of carbonyl (C=O) groups excluding carboxylic acids is 1. The Kier molecular flexibility index (Phi) is 63.7. The molecule has 4 heteroatoms. The van der Waals surface area contributed by atoms with Crippen molar-refractivity contribution in [1.29, 1.82) is 0 Å². The van der Waals surface area contributed by atoms with Crippen LogP contribution in [0.15, 0.2) is 60.8 Å². The Bertz CT molecular complexity index is 1220. The fraction of sp³-hybridized carbons (Fsp3) is 0.843. The molecule has 0 rings (SSSR count). The van der Waals surface area contributed by atoms with Crippen molar-refractivity contribution in [3.8, 4) is 0 Å². The van der Waals surface area contributed by atoms with Crippen LogP contribution < -0.4 is 5.32 Å². The van der Waals surface area contributed by atoms with Gasteiger partial charge in [-0.05, 0) is 57.8 Å². The Balaban J connectivity index is 3.44. The van der Waals surface area contributed by atoms with Crippen LogP contribution in [0, 0.1) is 0 Å².